The molecule has 1 heterocycles. The zero-order valence-electron chi connectivity index (χ0n) is 11.7. The van der Waals surface area contributed by atoms with Crippen molar-refractivity contribution in [2.75, 3.05) is 7.11 Å². The van der Waals surface area contributed by atoms with Gasteiger partial charge in [-0.3, -0.25) is 0 Å². The highest BCUT2D eigenvalue weighted by molar-refractivity contribution is 5.33. The minimum Gasteiger partial charge on any atom is -0.481 e. The van der Waals surface area contributed by atoms with E-state index < -0.39 is 0 Å². The van der Waals surface area contributed by atoms with E-state index >= 15 is 0 Å². The van der Waals surface area contributed by atoms with E-state index in [1.54, 1.807) is 13.3 Å². The highest BCUT2D eigenvalue weighted by atomic mass is 16.5. The molecular weight excluding hydrogens is 236 g/mol. The van der Waals surface area contributed by atoms with Crippen LogP contribution in [-0.4, -0.2) is 12.1 Å². The van der Waals surface area contributed by atoms with Crippen molar-refractivity contribution in [3.05, 3.63) is 58.8 Å². The fourth-order valence-corrected chi connectivity index (χ4v) is 2.19. The van der Waals surface area contributed by atoms with E-state index in [1.165, 1.54) is 16.7 Å². The summed E-state index contributed by atoms with van der Waals surface area (Å²) >= 11 is 0. The van der Waals surface area contributed by atoms with Crippen LogP contribution in [0.2, 0.25) is 0 Å². The van der Waals surface area contributed by atoms with Crippen molar-refractivity contribution in [2.45, 2.75) is 26.9 Å². The normalized spacial score (nSPS) is 10.5. The molecule has 2 aromatic rings. The molecule has 1 N–H and O–H groups in total. The Balaban J connectivity index is 2.00. The van der Waals surface area contributed by atoms with Gasteiger partial charge in [0.25, 0.3) is 0 Å². The van der Waals surface area contributed by atoms with Gasteiger partial charge < -0.3 is 10.1 Å². The van der Waals surface area contributed by atoms with Crippen LogP contribution in [-0.2, 0) is 13.1 Å². The highest BCUT2D eigenvalue weighted by Crippen LogP contribution is 2.15. The van der Waals surface area contributed by atoms with Crippen molar-refractivity contribution in [1.29, 1.82) is 0 Å². The summed E-state index contributed by atoms with van der Waals surface area (Å²) in [5, 5.41) is 3.45. The van der Waals surface area contributed by atoms with Crippen molar-refractivity contribution < 1.29 is 4.74 Å². The lowest BCUT2D eigenvalue weighted by Gasteiger charge is -2.12. The number of ether oxygens (including phenoxy) is 1. The minimum atomic E-state index is 0.691. The first-order chi connectivity index (χ1) is 9.22. The standard InChI is InChI=1S/C16H20N2O/c1-12-6-4-7-13(2)15(12)11-17-10-14-8-5-9-18-16(14)19-3/h4-9,17H,10-11H2,1-3H3. The van der Waals surface area contributed by atoms with Crippen molar-refractivity contribution in [3.8, 4) is 5.88 Å². The molecule has 1 aromatic carbocycles. The first-order valence-electron chi connectivity index (χ1n) is 6.46. The minimum absolute atomic E-state index is 0.691. The van der Waals surface area contributed by atoms with E-state index in [-0.39, 0.29) is 0 Å². The van der Waals surface area contributed by atoms with Gasteiger partial charge in [0.15, 0.2) is 0 Å². The molecule has 0 unspecified atom stereocenters. The Hall–Kier alpha value is -1.87. The first kappa shape index (κ1) is 13.6. The number of hydrogen-bond donors (Lipinski definition) is 1. The predicted octanol–water partition coefficient (Wildman–Crippen LogP) is 3.00. The molecule has 0 aliphatic heterocycles. The maximum absolute atomic E-state index is 5.24. The third-order valence-electron chi connectivity index (χ3n) is 3.31. The summed E-state index contributed by atoms with van der Waals surface area (Å²) in [5.41, 5.74) is 5.10. The van der Waals surface area contributed by atoms with Gasteiger partial charge in [-0.1, -0.05) is 24.3 Å². The van der Waals surface area contributed by atoms with E-state index in [9.17, 15) is 0 Å². The second-order valence-electron chi connectivity index (χ2n) is 4.65. The predicted molar refractivity (Wildman–Crippen MR) is 77.2 cm³/mol. The van der Waals surface area contributed by atoms with Gasteiger partial charge in [0.1, 0.15) is 0 Å². The molecule has 0 atom stereocenters. The monoisotopic (exact) mass is 256 g/mol. The van der Waals surface area contributed by atoms with Gasteiger partial charge in [-0.15, -0.1) is 0 Å². The third kappa shape index (κ3) is 3.32. The molecule has 3 nitrogen and oxygen atoms in total. The number of aryl methyl sites for hydroxylation is 2. The van der Waals surface area contributed by atoms with Crippen LogP contribution in [0.4, 0.5) is 0 Å². The molecule has 100 valence electrons. The molecule has 0 amide bonds. The summed E-state index contributed by atoms with van der Waals surface area (Å²) in [7, 11) is 1.65. The zero-order valence-corrected chi connectivity index (χ0v) is 11.7. The van der Waals surface area contributed by atoms with Gasteiger partial charge in [-0.2, -0.15) is 0 Å². The molecule has 2 rings (SSSR count). The molecule has 0 spiro atoms. The lowest BCUT2D eigenvalue weighted by atomic mass is 10.0. The van der Waals surface area contributed by atoms with Gasteiger partial charge in [0, 0.05) is 24.8 Å². The highest BCUT2D eigenvalue weighted by Gasteiger charge is 2.04. The number of hydrogen-bond acceptors (Lipinski definition) is 3. The second kappa shape index (κ2) is 6.34. The number of benzene rings is 1. The van der Waals surface area contributed by atoms with Crippen molar-refractivity contribution in [3.63, 3.8) is 0 Å². The molecule has 19 heavy (non-hydrogen) atoms. The quantitative estimate of drug-likeness (QED) is 0.893. The van der Waals surface area contributed by atoms with Crippen LogP contribution in [0.3, 0.4) is 0 Å². The Kier molecular flexibility index (Phi) is 4.53. The maximum atomic E-state index is 5.24. The number of rotatable bonds is 5. The Morgan fingerprint density at radius 1 is 1.05 bits per heavy atom. The molecule has 3 heteroatoms. The molecule has 1 aromatic heterocycles. The number of nitrogens with one attached hydrogen (secondary N) is 1. The van der Waals surface area contributed by atoms with Crippen LogP contribution in [0.5, 0.6) is 5.88 Å². The first-order valence-corrected chi connectivity index (χ1v) is 6.46. The van der Waals surface area contributed by atoms with Crippen LogP contribution in [0.1, 0.15) is 22.3 Å². The van der Waals surface area contributed by atoms with E-state index in [2.05, 4.69) is 42.3 Å². The third-order valence-corrected chi connectivity index (χ3v) is 3.31. The Labute approximate surface area is 114 Å². The maximum Gasteiger partial charge on any atom is 0.217 e. The fraction of sp³-hybridized carbons (Fsp3) is 0.312. The summed E-state index contributed by atoms with van der Waals surface area (Å²) in [6.45, 7) is 5.91. The number of nitrogens with zero attached hydrogens (tertiary/aromatic N) is 1. The molecule has 0 aliphatic rings. The van der Waals surface area contributed by atoms with Crippen LogP contribution in [0.25, 0.3) is 0 Å². The number of pyridine rings is 1. The van der Waals surface area contributed by atoms with Crippen LogP contribution >= 0.6 is 0 Å². The molecular formula is C16H20N2O. The van der Waals surface area contributed by atoms with Gasteiger partial charge in [0.2, 0.25) is 5.88 Å². The van der Waals surface area contributed by atoms with Gasteiger partial charge >= 0.3 is 0 Å². The van der Waals surface area contributed by atoms with Crippen molar-refractivity contribution in [1.82, 2.24) is 10.3 Å². The summed E-state index contributed by atoms with van der Waals surface area (Å²) in [6.07, 6.45) is 1.74. The smallest absolute Gasteiger partial charge is 0.217 e. The lowest BCUT2D eigenvalue weighted by molar-refractivity contribution is 0.390. The largest absolute Gasteiger partial charge is 0.481 e. The topological polar surface area (TPSA) is 34.1 Å². The van der Waals surface area contributed by atoms with Crippen molar-refractivity contribution in [2.24, 2.45) is 0 Å². The van der Waals surface area contributed by atoms with E-state index in [0.717, 1.165) is 18.7 Å². The van der Waals surface area contributed by atoms with Crippen LogP contribution in [0.15, 0.2) is 36.5 Å². The van der Waals surface area contributed by atoms with Crippen LogP contribution in [0, 0.1) is 13.8 Å². The van der Waals surface area contributed by atoms with E-state index in [4.69, 9.17) is 4.74 Å². The Morgan fingerprint density at radius 3 is 2.47 bits per heavy atom. The summed E-state index contributed by atoms with van der Waals surface area (Å²) < 4.78 is 5.24. The summed E-state index contributed by atoms with van der Waals surface area (Å²) in [5.74, 6) is 0.691. The summed E-state index contributed by atoms with van der Waals surface area (Å²) in [4.78, 5) is 4.20. The van der Waals surface area contributed by atoms with Gasteiger partial charge in [-0.05, 0) is 36.6 Å². The number of methoxy groups -OCH3 is 1. The molecule has 0 aliphatic carbocycles. The van der Waals surface area contributed by atoms with Crippen LogP contribution < -0.4 is 10.1 Å². The molecule has 0 saturated heterocycles. The summed E-state index contributed by atoms with van der Waals surface area (Å²) in [6, 6.07) is 10.4. The van der Waals surface area contributed by atoms with E-state index in [1.807, 2.05) is 12.1 Å². The Morgan fingerprint density at radius 2 is 1.79 bits per heavy atom. The molecule has 0 fully saturated rings. The van der Waals surface area contributed by atoms with Gasteiger partial charge in [-0.25, -0.2) is 4.98 Å². The zero-order chi connectivity index (χ0) is 13.7. The van der Waals surface area contributed by atoms with Crippen molar-refractivity contribution >= 4 is 0 Å². The van der Waals surface area contributed by atoms with Gasteiger partial charge in [0.05, 0.1) is 7.11 Å². The lowest BCUT2D eigenvalue weighted by Crippen LogP contribution is -2.15. The second-order valence-corrected chi connectivity index (χ2v) is 4.65. The SMILES string of the molecule is COc1ncccc1CNCc1c(C)cccc1C. The average Bonchev–Trinajstić information content (AvgIpc) is 2.42. The van der Waals surface area contributed by atoms with E-state index in [0.29, 0.717) is 5.88 Å². The molecule has 0 bridgehead atoms. The Bertz CT molecular complexity index is 532. The number of aromatic nitrogens is 1. The fourth-order valence-electron chi connectivity index (χ4n) is 2.19. The molecule has 0 radical (unpaired) electrons. The molecule has 0 saturated carbocycles. The average molecular weight is 256 g/mol.